The van der Waals surface area contributed by atoms with Gasteiger partial charge in [-0.2, -0.15) is 0 Å². The van der Waals surface area contributed by atoms with Crippen LogP contribution in [-0.4, -0.2) is 23.8 Å². The molecule has 0 aliphatic heterocycles. The zero-order valence-electron chi connectivity index (χ0n) is 9.38. The van der Waals surface area contributed by atoms with E-state index in [-0.39, 0.29) is 5.97 Å². The van der Waals surface area contributed by atoms with Crippen molar-refractivity contribution in [3.05, 3.63) is 11.6 Å². The third-order valence-electron chi connectivity index (χ3n) is 3.55. The molecule has 2 bridgehead atoms. The number of hydrogen-bond donors (Lipinski definition) is 1. The van der Waals surface area contributed by atoms with E-state index in [1.54, 1.807) is 6.92 Å². The number of carbonyl (C=O) groups excluding carboxylic acids is 1. The lowest BCUT2D eigenvalue weighted by molar-refractivity contribution is -0.158. The molecule has 0 aromatic rings. The molecular formula is C12H18O3. The molecule has 0 saturated heterocycles. The number of aliphatic hydroxyl groups is 1. The Morgan fingerprint density at radius 2 is 2.33 bits per heavy atom. The van der Waals surface area contributed by atoms with Gasteiger partial charge in [-0.05, 0) is 39.0 Å². The second kappa shape index (κ2) is 3.34. The van der Waals surface area contributed by atoms with E-state index in [0.717, 1.165) is 25.7 Å². The van der Waals surface area contributed by atoms with E-state index < -0.39 is 11.0 Å². The van der Waals surface area contributed by atoms with Crippen LogP contribution in [0.1, 0.15) is 39.0 Å². The third-order valence-corrected chi connectivity index (χ3v) is 3.55. The average molecular weight is 210 g/mol. The quantitative estimate of drug-likeness (QED) is 0.530. The summed E-state index contributed by atoms with van der Waals surface area (Å²) in [5, 5.41) is 10.1. The summed E-state index contributed by atoms with van der Waals surface area (Å²) in [5.74, 6) is -0.159. The Balaban J connectivity index is 2.34. The summed E-state index contributed by atoms with van der Waals surface area (Å²) < 4.78 is 4.88. The van der Waals surface area contributed by atoms with E-state index in [1.807, 2.05) is 6.08 Å². The molecular weight excluding hydrogens is 192 g/mol. The molecule has 3 nitrogen and oxygen atoms in total. The Morgan fingerprint density at radius 1 is 1.60 bits per heavy atom. The predicted octanol–water partition coefficient (Wildman–Crippen LogP) is 1.80. The molecule has 0 aromatic carbocycles. The van der Waals surface area contributed by atoms with Crippen LogP contribution in [0.5, 0.6) is 0 Å². The highest BCUT2D eigenvalue weighted by Crippen LogP contribution is 2.49. The van der Waals surface area contributed by atoms with Gasteiger partial charge in [-0.1, -0.05) is 11.6 Å². The van der Waals surface area contributed by atoms with E-state index in [0.29, 0.717) is 6.42 Å². The maximum Gasteiger partial charge on any atom is 0.312 e. The van der Waals surface area contributed by atoms with Crippen molar-refractivity contribution in [1.82, 2.24) is 0 Å². The van der Waals surface area contributed by atoms with Crippen LogP contribution in [0.3, 0.4) is 0 Å². The zero-order valence-corrected chi connectivity index (χ0v) is 9.38. The lowest BCUT2D eigenvalue weighted by Crippen LogP contribution is -2.45. The molecule has 2 rings (SSSR count). The standard InChI is InChI=1S/C12H18O3/c1-11(14)6-9-4-3-5-12(7-9,8-11)10(13)15-2/h6,14H,3-5,7-8H2,1-2H3. The first-order valence-corrected chi connectivity index (χ1v) is 5.49. The fourth-order valence-corrected chi connectivity index (χ4v) is 3.18. The maximum absolute atomic E-state index is 11.8. The van der Waals surface area contributed by atoms with Crippen molar-refractivity contribution in [2.24, 2.45) is 5.41 Å². The summed E-state index contributed by atoms with van der Waals surface area (Å²) in [6, 6.07) is 0. The highest BCUT2D eigenvalue weighted by molar-refractivity contribution is 5.78. The first kappa shape index (κ1) is 10.7. The van der Waals surface area contributed by atoms with Crippen LogP contribution in [0.4, 0.5) is 0 Å². The normalized spacial score (nSPS) is 39.5. The molecule has 15 heavy (non-hydrogen) atoms. The molecule has 2 aliphatic rings. The molecule has 3 heteroatoms. The van der Waals surface area contributed by atoms with Gasteiger partial charge in [-0.25, -0.2) is 0 Å². The van der Waals surface area contributed by atoms with Gasteiger partial charge in [-0.3, -0.25) is 4.79 Å². The van der Waals surface area contributed by atoms with Crippen molar-refractivity contribution in [2.75, 3.05) is 7.11 Å². The van der Waals surface area contributed by atoms with Crippen molar-refractivity contribution in [2.45, 2.75) is 44.6 Å². The Hall–Kier alpha value is -0.830. The van der Waals surface area contributed by atoms with Gasteiger partial charge >= 0.3 is 5.97 Å². The highest BCUT2D eigenvalue weighted by Gasteiger charge is 2.48. The number of carbonyl (C=O) groups is 1. The minimum Gasteiger partial charge on any atom is -0.469 e. The van der Waals surface area contributed by atoms with Gasteiger partial charge in [0.25, 0.3) is 0 Å². The summed E-state index contributed by atoms with van der Waals surface area (Å²) in [6.07, 6.45) is 6.07. The molecule has 2 atom stereocenters. The lowest BCUT2D eigenvalue weighted by atomic mass is 9.62. The van der Waals surface area contributed by atoms with E-state index in [2.05, 4.69) is 0 Å². The molecule has 84 valence electrons. The third kappa shape index (κ3) is 1.81. The largest absolute Gasteiger partial charge is 0.469 e. The van der Waals surface area contributed by atoms with Gasteiger partial charge < -0.3 is 9.84 Å². The summed E-state index contributed by atoms with van der Waals surface area (Å²) in [7, 11) is 1.43. The second-order valence-corrected chi connectivity index (χ2v) is 5.14. The molecule has 2 unspecified atom stereocenters. The van der Waals surface area contributed by atoms with Crippen LogP contribution in [0, 0.1) is 5.41 Å². The number of rotatable bonds is 1. The van der Waals surface area contributed by atoms with Crippen molar-refractivity contribution >= 4 is 5.97 Å². The first-order chi connectivity index (χ1) is 6.97. The van der Waals surface area contributed by atoms with Crippen LogP contribution in [0.15, 0.2) is 11.6 Å². The van der Waals surface area contributed by atoms with Gasteiger partial charge in [0.2, 0.25) is 0 Å². The van der Waals surface area contributed by atoms with Gasteiger partial charge in [0.1, 0.15) is 0 Å². The molecule has 1 fully saturated rings. The zero-order chi connectivity index (χ0) is 11.1. The maximum atomic E-state index is 11.8. The van der Waals surface area contributed by atoms with Gasteiger partial charge in [0, 0.05) is 0 Å². The monoisotopic (exact) mass is 210 g/mol. The fourth-order valence-electron chi connectivity index (χ4n) is 3.18. The van der Waals surface area contributed by atoms with Crippen molar-refractivity contribution < 1.29 is 14.6 Å². The van der Waals surface area contributed by atoms with Crippen molar-refractivity contribution in [3.63, 3.8) is 0 Å². The molecule has 1 N–H and O–H groups in total. The first-order valence-electron chi connectivity index (χ1n) is 5.49. The molecule has 0 amide bonds. The average Bonchev–Trinajstić information content (AvgIpc) is 2.14. The SMILES string of the molecule is COC(=O)C12CCCC(=CC(C)(O)C1)C2. The Morgan fingerprint density at radius 3 is 3.00 bits per heavy atom. The number of hydrogen-bond acceptors (Lipinski definition) is 3. The summed E-state index contributed by atoms with van der Waals surface area (Å²) >= 11 is 0. The summed E-state index contributed by atoms with van der Waals surface area (Å²) in [6.45, 7) is 1.77. The summed E-state index contributed by atoms with van der Waals surface area (Å²) in [5.41, 5.74) is -0.0918. The van der Waals surface area contributed by atoms with E-state index in [9.17, 15) is 9.90 Å². The molecule has 2 aliphatic carbocycles. The molecule has 0 aromatic heterocycles. The van der Waals surface area contributed by atoms with E-state index >= 15 is 0 Å². The summed E-state index contributed by atoms with van der Waals surface area (Å²) in [4.78, 5) is 11.8. The number of ether oxygens (including phenoxy) is 1. The molecule has 0 spiro atoms. The number of methoxy groups -OCH3 is 1. The number of allylic oxidation sites excluding steroid dienone is 1. The number of esters is 1. The topological polar surface area (TPSA) is 46.5 Å². The fraction of sp³-hybridized carbons (Fsp3) is 0.750. The van der Waals surface area contributed by atoms with E-state index in [4.69, 9.17) is 4.74 Å². The predicted molar refractivity (Wildman–Crippen MR) is 56.2 cm³/mol. The van der Waals surface area contributed by atoms with Gasteiger partial charge in [-0.15, -0.1) is 0 Å². The smallest absolute Gasteiger partial charge is 0.312 e. The molecule has 0 radical (unpaired) electrons. The van der Waals surface area contributed by atoms with Crippen LogP contribution < -0.4 is 0 Å². The molecule has 0 heterocycles. The minimum atomic E-state index is -0.845. The Labute approximate surface area is 90.1 Å². The van der Waals surface area contributed by atoms with E-state index in [1.165, 1.54) is 12.7 Å². The second-order valence-electron chi connectivity index (χ2n) is 5.14. The highest BCUT2D eigenvalue weighted by atomic mass is 16.5. The lowest BCUT2D eigenvalue weighted by Gasteiger charge is -2.44. The Bertz CT molecular complexity index is 317. The van der Waals surface area contributed by atoms with Crippen LogP contribution in [0.2, 0.25) is 0 Å². The van der Waals surface area contributed by atoms with Crippen LogP contribution in [-0.2, 0) is 9.53 Å². The van der Waals surface area contributed by atoms with Crippen molar-refractivity contribution in [3.8, 4) is 0 Å². The van der Waals surface area contributed by atoms with Crippen molar-refractivity contribution in [1.29, 1.82) is 0 Å². The van der Waals surface area contributed by atoms with Crippen LogP contribution >= 0.6 is 0 Å². The van der Waals surface area contributed by atoms with Gasteiger partial charge in [0.15, 0.2) is 0 Å². The van der Waals surface area contributed by atoms with Crippen LogP contribution in [0.25, 0.3) is 0 Å². The molecule has 1 saturated carbocycles. The number of fused-ring (bicyclic) bond motifs is 2. The minimum absolute atomic E-state index is 0.159. The van der Waals surface area contributed by atoms with Gasteiger partial charge in [0.05, 0.1) is 18.1 Å². The Kier molecular flexibility index (Phi) is 2.38.